The van der Waals surface area contributed by atoms with E-state index in [9.17, 15) is 4.79 Å². The van der Waals surface area contributed by atoms with E-state index in [0.717, 1.165) is 25.7 Å². The molecule has 3 N–H and O–H groups in total. The molecule has 0 aliphatic heterocycles. The Morgan fingerprint density at radius 3 is 2.71 bits per heavy atom. The number of nitrogens with zero attached hydrogens (tertiary/aromatic N) is 2. The van der Waals surface area contributed by atoms with E-state index < -0.39 is 0 Å². The van der Waals surface area contributed by atoms with Gasteiger partial charge >= 0.3 is 0 Å². The van der Waals surface area contributed by atoms with Crippen LogP contribution in [-0.4, -0.2) is 22.0 Å². The van der Waals surface area contributed by atoms with Gasteiger partial charge in [0.15, 0.2) is 0 Å². The third-order valence-electron chi connectivity index (χ3n) is 3.01. The van der Waals surface area contributed by atoms with Crippen molar-refractivity contribution < 1.29 is 9.53 Å². The molecule has 0 aromatic carbocycles. The lowest BCUT2D eigenvalue weighted by Crippen LogP contribution is -2.38. The van der Waals surface area contributed by atoms with Crippen molar-refractivity contribution in [3.8, 4) is 5.88 Å². The minimum absolute atomic E-state index is 0.0155. The zero-order valence-electron chi connectivity index (χ0n) is 9.50. The summed E-state index contributed by atoms with van der Waals surface area (Å²) in [5, 5.41) is 0. The minimum atomic E-state index is -0.0806. The van der Waals surface area contributed by atoms with Crippen LogP contribution in [0, 0.1) is 5.92 Å². The molecule has 0 atom stereocenters. The lowest BCUT2D eigenvalue weighted by molar-refractivity contribution is -0.126. The number of rotatable bonds is 3. The fourth-order valence-electron chi connectivity index (χ4n) is 2.08. The van der Waals surface area contributed by atoms with Crippen LogP contribution < -0.4 is 16.0 Å². The number of hydrogen-bond donors (Lipinski definition) is 2. The first-order valence-electron chi connectivity index (χ1n) is 5.72. The van der Waals surface area contributed by atoms with Crippen molar-refractivity contribution in [2.45, 2.75) is 31.8 Å². The van der Waals surface area contributed by atoms with Gasteiger partial charge in [-0.25, -0.2) is 10.8 Å². The van der Waals surface area contributed by atoms with Gasteiger partial charge in [-0.2, -0.15) is 0 Å². The number of nitrogens with one attached hydrogen (secondary N) is 1. The minimum Gasteiger partial charge on any atom is -0.473 e. The third-order valence-corrected chi connectivity index (χ3v) is 3.01. The Morgan fingerprint density at radius 1 is 1.35 bits per heavy atom. The van der Waals surface area contributed by atoms with Crippen LogP contribution in [0.4, 0.5) is 0 Å². The fourth-order valence-corrected chi connectivity index (χ4v) is 2.08. The number of carbonyl (C=O) groups excluding carboxylic acids is 1. The van der Waals surface area contributed by atoms with Crippen molar-refractivity contribution in [1.82, 2.24) is 15.4 Å². The molecule has 1 aliphatic rings. The van der Waals surface area contributed by atoms with E-state index in [4.69, 9.17) is 10.6 Å². The average Bonchev–Trinajstić information content (AvgIpc) is 2.40. The van der Waals surface area contributed by atoms with Crippen LogP contribution in [0.5, 0.6) is 5.88 Å². The van der Waals surface area contributed by atoms with Gasteiger partial charge in [-0.05, 0) is 25.7 Å². The summed E-state index contributed by atoms with van der Waals surface area (Å²) in [4.78, 5) is 19.3. The summed E-state index contributed by atoms with van der Waals surface area (Å²) in [5.74, 6) is 5.59. The Bertz CT molecular complexity index is 363. The molecule has 1 saturated carbocycles. The molecule has 1 amide bonds. The van der Waals surface area contributed by atoms with Gasteiger partial charge in [0.1, 0.15) is 6.10 Å². The zero-order chi connectivity index (χ0) is 12.1. The molecule has 0 saturated heterocycles. The maximum absolute atomic E-state index is 11.3. The lowest BCUT2D eigenvalue weighted by Gasteiger charge is -2.27. The molecule has 1 aliphatic carbocycles. The maximum Gasteiger partial charge on any atom is 0.236 e. The highest BCUT2D eigenvalue weighted by atomic mass is 16.5. The summed E-state index contributed by atoms with van der Waals surface area (Å²) in [7, 11) is 0. The van der Waals surface area contributed by atoms with Crippen LogP contribution in [0.15, 0.2) is 18.6 Å². The molecule has 92 valence electrons. The van der Waals surface area contributed by atoms with Gasteiger partial charge in [-0.1, -0.05) is 0 Å². The summed E-state index contributed by atoms with van der Waals surface area (Å²) < 4.78 is 5.68. The van der Waals surface area contributed by atoms with Crippen LogP contribution in [0.3, 0.4) is 0 Å². The van der Waals surface area contributed by atoms with Crippen molar-refractivity contribution in [2.24, 2.45) is 11.8 Å². The van der Waals surface area contributed by atoms with Crippen molar-refractivity contribution >= 4 is 5.91 Å². The van der Waals surface area contributed by atoms with Crippen LogP contribution >= 0.6 is 0 Å². The lowest BCUT2D eigenvalue weighted by atomic mass is 9.87. The maximum atomic E-state index is 11.3. The van der Waals surface area contributed by atoms with E-state index in [2.05, 4.69) is 15.4 Å². The summed E-state index contributed by atoms with van der Waals surface area (Å²) in [6.45, 7) is 0. The molecule has 0 bridgehead atoms. The highest BCUT2D eigenvalue weighted by Crippen LogP contribution is 2.26. The standard InChI is InChI=1S/C11H16N4O2/c12-15-11(16)8-1-3-9(4-2-8)17-10-7-13-5-6-14-10/h5-9H,1-4,12H2,(H,15,16)/t8-,9-. The molecule has 0 radical (unpaired) electrons. The van der Waals surface area contributed by atoms with Gasteiger partial charge < -0.3 is 4.74 Å². The van der Waals surface area contributed by atoms with Gasteiger partial charge in [0, 0.05) is 18.3 Å². The van der Waals surface area contributed by atoms with Gasteiger partial charge in [0.05, 0.1) is 6.20 Å². The van der Waals surface area contributed by atoms with Crippen LogP contribution in [0.25, 0.3) is 0 Å². The summed E-state index contributed by atoms with van der Waals surface area (Å²) >= 11 is 0. The number of carbonyl (C=O) groups is 1. The molecular weight excluding hydrogens is 220 g/mol. The molecule has 6 nitrogen and oxygen atoms in total. The monoisotopic (exact) mass is 236 g/mol. The topological polar surface area (TPSA) is 90.1 Å². The second kappa shape index (κ2) is 5.58. The first-order chi connectivity index (χ1) is 8.29. The highest BCUT2D eigenvalue weighted by Gasteiger charge is 2.26. The molecule has 0 spiro atoms. The quantitative estimate of drug-likeness (QED) is 0.450. The van der Waals surface area contributed by atoms with Gasteiger partial charge in [0.2, 0.25) is 11.8 Å². The normalized spacial score (nSPS) is 24.1. The van der Waals surface area contributed by atoms with Gasteiger partial charge in [0.25, 0.3) is 0 Å². The fraction of sp³-hybridized carbons (Fsp3) is 0.545. The molecule has 1 aromatic heterocycles. The van der Waals surface area contributed by atoms with E-state index in [1.54, 1.807) is 18.6 Å². The first-order valence-corrected chi connectivity index (χ1v) is 5.72. The smallest absolute Gasteiger partial charge is 0.236 e. The Labute approximate surface area is 99.6 Å². The van der Waals surface area contributed by atoms with Crippen LogP contribution in [-0.2, 0) is 4.79 Å². The van der Waals surface area contributed by atoms with E-state index in [1.807, 2.05) is 0 Å². The molecule has 1 heterocycles. The van der Waals surface area contributed by atoms with E-state index in [0.29, 0.717) is 5.88 Å². The predicted molar refractivity (Wildman–Crippen MR) is 60.7 cm³/mol. The van der Waals surface area contributed by atoms with E-state index in [-0.39, 0.29) is 17.9 Å². The summed E-state index contributed by atoms with van der Waals surface area (Å²) in [6, 6.07) is 0. The van der Waals surface area contributed by atoms with Crippen LogP contribution in [0.1, 0.15) is 25.7 Å². The Kier molecular flexibility index (Phi) is 3.87. The molecule has 1 fully saturated rings. The second-order valence-corrected chi connectivity index (χ2v) is 4.14. The number of hydrazine groups is 1. The molecule has 17 heavy (non-hydrogen) atoms. The van der Waals surface area contributed by atoms with Crippen molar-refractivity contribution in [3.63, 3.8) is 0 Å². The van der Waals surface area contributed by atoms with Gasteiger partial charge in [-0.15, -0.1) is 0 Å². The predicted octanol–water partition coefficient (Wildman–Crippen LogP) is 0.404. The number of ether oxygens (including phenoxy) is 1. The third kappa shape index (κ3) is 3.13. The van der Waals surface area contributed by atoms with Crippen molar-refractivity contribution in [2.75, 3.05) is 0 Å². The number of hydrogen-bond acceptors (Lipinski definition) is 5. The molecule has 0 unspecified atom stereocenters. The number of amides is 1. The zero-order valence-corrected chi connectivity index (χ0v) is 9.50. The Morgan fingerprint density at radius 2 is 2.12 bits per heavy atom. The molecule has 2 rings (SSSR count). The SMILES string of the molecule is NNC(=O)[C@H]1CC[C@H](Oc2cnccn2)CC1. The number of aromatic nitrogens is 2. The Balaban J connectivity index is 1.82. The summed E-state index contributed by atoms with van der Waals surface area (Å²) in [6.07, 6.45) is 8.20. The first kappa shape index (κ1) is 11.8. The van der Waals surface area contributed by atoms with Crippen molar-refractivity contribution in [1.29, 1.82) is 0 Å². The van der Waals surface area contributed by atoms with E-state index in [1.165, 1.54) is 0 Å². The second-order valence-electron chi connectivity index (χ2n) is 4.14. The molecule has 1 aromatic rings. The molecular formula is C11H16N4O2. The number of nitrogens with two attached hydrogens (primary N) is 1. The summed E-state index contributed by atoms with van der Waals surface area (Å²) in [5.41, 5.74) is 2.20. The van der Waals surface area contributed by atoms with E-state index >= 15 is 0 Å². The van der Waals surface area contributed by atoms with Crippen LogP contribution in [0.2, 0.25) is 0 Å². The Hall–Kier alpha value is -1.69. The van der Waals surface area contributed by atoms with Gasteiger partial charge in [-0.3, -0.25) is 15.2 Å². The largest absolute Gasteiger partial charge is 0.473 e. The molecule has 6 heteroatoms. The highest BCUT2D eigenvalue weighted by molar-refractivity contribution is 5.77. The van der Waals surface area contributed by atoms with Crippen molar-refractivity contribution in [3.05, 3.63) is 18.6 Å². The average molecular weight is 236 g/mol.